The van der Waals surface area contributed by atoms with Gasteiger partial charge in [-0.15, -0.1) is 0 Å². The molecular weight excluding hydrogens is 272 g/mol. The van der Waals surface area contributed by atoms with Crippen LogP contribution in [0.2, 0.25) is 5.02 Å². The largest absolute Gasteiger partial charge is 0.399 e. The lowest BCUT2D eigenvalue weighted by atomic mass is 10.2. The maximum atomic E-state index is 6.14. The lowest BCUT2D eigenvalue weighted by Crippen LogP contribution is -2.00. The van der Waals surface area contributed by atoms with E-state index in [4.69, 9.17) is 17.3 Å². The van der Waals surface area contributed by atoms with E-state index >= 15 is 0 Å². The van der Waals surface area contributed by atoms with Crippen molar-refractivity contribution in [1.29, 1.82) is 0 Å². The minimum absolute atomic E-state index is 0.599. The molecule has 20 heavy (non-hydrogen) atoms. The van der Waals surface area contributed by atoms with Crippen LogP contribution in [-0.2, 0) is 6.54 Å². The van der Waals surface area contributed by atoms with Gasteiger partial charge in [-0.1, -0.05) is 29.8 Å². The number of benzene rings is 2. The maximum Gasteiger partial charge on any atom is 0.181 e. The van der Waals surface area contributed by atoms with Gasteiger partial charge in [0.1, 0.15) is 6.33 Å². The summed E-state index contributed by atoms with van der Waals surface area (Å²) >= 11 is 6.14. The lowest BCUT2D eigenvalue weighted by molar-refractivity contribution is 0.687. The monoisotopic (exact) mass is 284 g/mol. The third kappa shape index (κ3) is 2.65. The normalized spacial score (nSPS) is 10.7. The molecule has 5 heteroatoms. The van der Waals surface area contributed by atoms with E-state index in [2.05, 4.69) is 10.1 Å². The first-order valence-corrected chi connectivity index (χ1v) is 6.59. The van der Waals surface area contributed by atoms with E-state index < -0.39 is 0 Å². The summed E-state index contributed by atoms with van der Waals surface area (Å²) in [6.07, 6.45) is 1.70. The topological polar surface area (TPSA) is 56.7 Å². The van der Waals surface area contributed by atoms with E-state index in [-0.39, 0.29) is 0 Å². The van der Waals surface area contributed by atoms with Crippen molar-refractivity contribution in [1.82, 2.24) is 14.8 Å². The Labute approximate surface area is 121 Å². The van der Waals surface area contributed by atoms with Crippen molar-refractivity contribution in [2.24, 2.45) is 0 Å². The summed E-state index contributed by atoms with van der Waals surface area (Å²) in [7, 11) is 0. The van der Waals surface area contributed by atoms with E-state index in [1.165, 1.54) is 0 Å². The second-order valence-corrected chi connectivity index (χ2v) is 4.89. The molecule has 100 valence electrons. The van der Waals surface area contributed by atoms with Crippen LogP contribution in [0.25, 0.3) is 11.4 Å². The number of rotatable bonds is 3. The molecule has 0 saturated carbocycles. The highest BCUT2D eigenvalue weighted by atomic mass is 35.5. The predicted octanol–water partition coefficient (Wildman–Crippen LogP) is 3.23. The first-order valence-electron chi connectivity index (χ1n) is 6.21. The molecule has 3 aromatic rings. The molecule has 0 unspecified atom stereocenters. The number of aromatic nitrogens is 3. The summed E-state index contributed by atoms with van der Waals surface area (Å²) < 4.78 is 1.77. The second-order valence-electron chi connectivity index (χ2n) is 4.48. The van der Waals surface area contributed by atoms with Crippen molar-refractivity contribution in [3.05, 3.63) is 65.4 Å². The molecule has 4 nitrogen and oxygen atoms in total. The van der Waals surface area contributed by atoms with Gasteiger partial charge in [0.15, 0.2) is 5.82 Å². The van der Waals surface area contributed by atoms with E-state index in [0.717, 1.165) is 21.8 Å². The lowest BCUT2D eigenvalue weighted by Gasteiger charge is -2.03. The average Bonchev–Trinajstić information content (AvgIpc) is 2.91. The molecule has 3 rings (SSSR count). The summed E-state index contributed by atoms with van der Waals surface area (Å²) in [6.45, 7) is 0.599. The van der Waals surface area contributed by atoms with Gasteiger partial charge in [-0.2, -0.15) is 5.10 Å². The Kier molecular flexibility index (Phi) is 3.39. The van der Waals surface area contributed by atoms with Crippen LogP contribution in [0, 0.1) is 0 Å². The Balaban J connectivity index is 1.84. The van der Waals surface area contributed by atoms with Crippen molar-refractivity contribution in [2.45, 2.75) is 6.54 Å². The Hall–Kier alpha value is -2.33. The van der Waals surface area contributed by atoms with Gasteiger partial charge in [-0.25, -0.2) is 9.67 Å². The van der Waals surface area contributed by atoms with Crippen LogP contribution >= 0.6 is 11.6 Å². The molecule has 1 heterocycles. The number of nitrogens with two attached hydrogens (primary N) is 1. The molecule has 0 aliphatic heterocycles. The van der Waals surface area contributed by atoms with Crippen LogP contribution in [0.4, 0.5) is 5.69 Å². The zero-order chi connectivity index (χ0) is 13.9. The number of hydrogen-bond donors (Lipinski definition) is 1. The standard InChI is InChI=1S/C15H13ClN4/c16-14-4-2-1-3-12(14)9-20-10-18-15(19-20)11-5-7-13(17)8-6-11/h1-8,10H,9,17H2. The van der Waals surface area contributed by atoms with Gasteiger partial charge in [0, 0.05) is 16.3 Å². The number of anilines is 1. The highest BCUT2D eigenvalue weighted by molar-refractivity contribution is 6.31. The van der Waals surface area contributed by atoms with Crippen LogP contribution in [-0.4, -0.2) is 14.8 Å². The minimum Gasteiger partial charge on any atom is -0.399 e. The molecule has 0 aliphatic rings. The molecule has 0 spiro atoms. The quantitative estimate of drug-likeness (QED) is 0.751. The van der Waals surface area contributed by atoms with Gasteiger partial charge < -0.3 is 5.73 Å². The maximum absolute atomic E-state index is 6.14. The smallest absolute Gasteiger partial charge is 0.181 e. The molecule has 0 saturated heterocycles. The number of hydrogen-bond acceptors (Lipinski definition) is 3. The summed E-state index contributed by atoms with van der Waals surface area (Å²) in [5.74, 6) is 0.678. The minimum atomic E-state index is 0.599. The van der Waals surface area contributed by atoms with Gasteiger partial charge in [-0.05, 0) is 35.9 Å². The van der Waals surface area contributed by atoms with Crippen LogP contribution < -0.4 is 5.73 Å². The molecule has 0 atom stereocenters. The zero-order valence-corrected chi connectivity index (χ0v) is 11.5. The van der Waals surface area contributed by atoms with Crippen molar-refractivity contribution < 1.29 is 0 Å². The highest BCUT2D eigenvalue weighted by Crippen LogP contribution is 2.18. The number of nitrogen functional groups attached to an aromatic ring is 1. The van der Waals surface area contributed by atoms with Crippen molar-refractivity contribution in [2.75, 3.05) is 5.73 Å². The molecule has 0 aliphatic carbocycles. The van der Waals surface area contributed by atoms with Gasteiger partial charge >= 0.3 is 0 Å². The molecule has 2 N–H and O–H groups in total. The Bertz CT molecular complexity index is 719. The molecule has 2 aromatic carbocycles. The molecule has 0 bridgehead atoms. The second kappa shape index (κ2) is 5.35. The third-order valence-electron chi connectivity index (χ3n) is 3.00. The van der Waals surface area contributed by atoms with Gasteiger partial charge in [0.05, 0.1) is 6.54 Å². The Morgan fingerprint density at radius 2 is 1.80 bits per heavy atom. The van der Waals surface area contributed by atoms with Crippen molar-refractivity contribution in [3.8, 4) is 11.4 Å². The Morgan fingerprint density at radius 1 is 1.05 bits per heavy atom. The van der Waals surface area contributed by atoms with Crippen molar-refractivity contribution >= 4 is 17.3 Å². The summed E-state index contributed by atoms with van der Waals surface area (Å²) in [4.78, 5) is 4.31. The van der Waals surface area contributed by atoms with Gasteiger partial charge in [0.2, 0.25) is 0 Å². The highest BCUT2D eigenvalue weighted by Gasteiger charge is 2.06. The molecule has 0 radical (unpaired) electrons. The van der Waals surface area contributed by atoms with E-state index in [1.807, 2.05) is 48.5 Å². The average molecular weight is 285 g/mol. The van der Waals surface area contributed by atoms with E-state index in [1.54, 1.807) is 11.0 Å². The van der Waals surface area contributed by atoms with Crippen LogP contribution in [0.1, 0.15) is 5.56 Å². The first kappa shape index (κ1) is 12.7. The zero-order valence-electron chi connectivity index (χ0n) is 10.7. The number of nitrogens with zero attached hydrogens (tertiary/aromatic N) is 3. The summed E-state index contributed by atoms with van der Waals surface area (Å²) in [5, 5.41) is 5.19. The van der Waals surface area contributed by atoms with Gasteiger partial charge in [0.25, 0.3) is 0 Å². The Morgan fingerprint density at radius 3 is 2.55 bits per heavy atom. The third-order valence-corrected chi connectivity index (χ3v) is 3.36. The SMILES string of the molecule is Nc1ccc(-c2ncn(Cc3ccccc3Cl)n2)cc1. The molecule has 0 amide bonds. The van der Waals surface area contributed by atoms with Gasteiger partial charge in [-0.3, -0.25) is 0 Å². The summed E-state index contributed by atoms with van der Waals surface area (Å²) in [5.41, 5.74) is 8.35. The number of halogens is 1. The van der Waals surface area contributed by atoms with E-state index in [0.29, 0.717) is 12.4 Å². The fraction of sp³-hybridized carbons (Fsp3) is 0.0667. The van der Waals surface area contributed by atoms with E-state index in [9.17, 15) is 0 Å². The van der Waals surface area contributed by atoms with Crippen LogP contribution in [0.5, 0.6) is 0 Å². The van der Waals surface area contributed by atoms with Crippen molar-refractivity contribution in [3.63, 3.8) is 0 Å². The molecule has 0 fully saturated rings. The predicted molar refractivity (Wildman–Crippen MR) is 80.4 cm³/mol. The first-order chi connectivity index (χ1) is 9.72. The fourth-order valence-corrected chi connectivity index (χ4v) is 2.13. The van der Waals surface area contributed by atoms with Crippen LogP contribution in [0.15, 0.2) is 54.9 Å². The van der Waals surface area contributed by atoms with Crippen LogP contribution in [0.3, 0.4) is 0 Å². The summed E-state index contributed by atoms with van der Waals surface area (Å²) in [6, 6.07) is 15.2. The molecule has 1 aromatic heterocycles. The molecular formula is C15H13ClN4. The fourth-order valence-electron chi connectivity index (χ4n) is 1.94.